The van der Waals surface area contributed by atoms with Crippen LogP contribution in [-0.2, 0) is 39.5 Å². The second kappa shape index (κ2) is 15.4. The number of aromatic nitrogens is 2. The summed E-state index contributed by atoms with van der Waals surface area (Å²) in [6.07, 6.45) is 17.6. The van der Waals surface area contributed by atoms with Crippen molar-refractivity contribution in [2.75, 3.05) is 0 Å². The molecule has 5 rings (SSSR count). The number of hydrogen-bond donors (Lipinski definition) is 1. The summed E-state index contributed by atoms with van der Waals surface area (Å²) >= 11 is 0. The van der Waals surface area contributed by atoms with Crippen LogP contribution >= 0.6 is 0 Å². The van der Waals surface area contributed by atoms with Crippen molar-refractivity contribution in [1.29, 1.82) is 0 Å². The molecular formula is C38H50N2O6. The molecule has 0 fully saturated rings. The zero-order valence-corrected chi connectivity index (χ0v) is 27.9. The molecule has 0 aliphatic carbocycles. The van der Waals surface area contributed by atoms with Gasteiger partial charge < -0.3 is 19.1 Å². The summed E-state index contributed by atoms with van der Waals surface area (Å²) in [4.78, 5) is 43.7. The number of esters is 2. The predicted octanol–water partition coefficient (Wildman–Crippen LogP) is 8.03. The van der Waals surface area contributed by atoms with Gasteiger partial charge in [-0.05, 0) is 49.1 Å². The molecule has 0 bridgehead atoms. The van der Waals surface area contributed by atoms with Crippen molar-refractivity contribution in [3.05, 3.63) is 56.9 Å². The van der Waals surface area contributed by atoms with E-state index in [1.54, 1.807) is 23.6 Å². The van der Waals surface area contributed by atoms with Gasteiger partial charge in [0.1, 0.15) is 12.4 Å². The third kappa shape index (κ3) is 7.07. The number of hydrogen-bond acceptors (Lipinski definition) is 7. The van der Waals surface area contributed by atoms with E-state index in [0.717, 1.165) is 41.3 Å². The molecule has 3 aromatic rings. The van der Waals surface area contributed by atoms with Gasteiger partial charge in [-0.1, -0.05) is 97.8 Å². The monoisotopic (exact) mass is 630 g/mol. The fourth-order valence-corrected chi connectivity index (χ4v) is 7.08. The van der Waals surface area contributed by atoms with E-state index in [1.165, 1.54) is 64.2 Å². The van der Waals surface area contributed by atoms with Gasteiger partial charge in [0, 0.05) is 22.9 Å². The number of carbonyl (C=O) groups is 2. The number of nitrogens with zero attached hydrogens (tertiary/aromatic N) is 2. The van der Waals surface area contributed by atoms with Crippen LogP contribution in [0.25, 0.3) is 22.3 Å². The molecule has 248 valence electrons. The summed E-state index contributed by atoms with van der Waals surface area (Å²) in [5.74, 6) is -0.461. The van der Waals surface area contributed by atoms with E-state index in [4.69, 9.17) is 14.5 Å². The Labute approximate surface area is 272 Å². The molecule has 0 unspecified atom stereocenters. The molecule has 2 aliphatic heterocycles. The van der Waals surface area contributed by atoms with Crippen LogP contribution in [0.5, 0.6) is 5.75 Å². The number of carbonyl (C=O) groups excluding carboxylic acids is 2. The van der Waals surface area contributed by atoms with Gasteiger partial charge in [0.25, 0.3) is 5.56 Å². The zero-order valence-electron chi connectivity index (χ0n) is 27.9. The van der Waals surface area contributed by atoms with Gasteiger partial charge in [0.05, 0.1) is 29.0 Å². The van der Waals surface area contributed by atoms with Gasteiger partial charge in [-0.25, -0.2) is 9.78 Å². The third-order valence-electron chi connectivity index (χ3n) is 9.85. The minimum absolute atomic E-state index is 0.0980. The Morgan fingerprint density at radius 3 is 2.20 bits per heavy atom. The second-order valence-electron chi connectivity index (χ2n) is 13.0. The average Bonchev–Trinajstić information content (AvgIpc) is 3.42. The molecule has 0 saturated carbocycles. The van der Waals surface area contributed by atoms with Gasteiger partial charge in [-0.2, -0.15) is 0 Å². The van der Waals surface area contributed by atoms with E-state index in [2.05, 4.69) is 13.8 Å². The first-order valence-electron chi connectivity index (χ1n) is 17.7. The number of pyridine rings is 2. The maximum absolute atomic E-state index is 13.6. The number of rotatable bonds is 17. The van der Waals surface area contributed by atoms with Crippen molar-refractivity contribution in [2.24, 2.45) is 0 Å². The van der Waals surface area contributed by atoms with Crippen LogP contribution in [-0.4, -0.2) is 26.6 Å². The molecule has 0 saturated heterocycles. The lowest BCUT2D eigenvalue weighted by Crippen LogP contribution is -2.44. The Bertz CT molecular complexity index is 1630. The Kier molecular flexibility index (Phi) is 11.3. The summed E-state index contributed by atoms with van der Waals surface area (Å²) in [5.41, 5.74) is 2.43. The lowest BCUT2D eigenvalue weighted by molar-refractivity contribution is -0.172. The first-order chi connectivity index (χ1) is 22.3. The molecule has 4 heterocycles. The van der Waals surface area contributed by atoms with Crippen LogP contribution in [0.4, 0.5) is 0 Å². The lowest BCUT2D eigenvalue weighted by atomic mass is 9.86. The molecule has 0 radical (unpaired) electrons. The van der Waals surface area contributed by atoms with Crippen LogP contribution in [0, 0.1) is 0 Å². The maximum atomic E-state index is 13.6. The van der Waals surface area contributed by atoms with Crippen molar-refractivity contribution in [3.8, 4) is 17.1 Å². The van der Waals surface area contributed by atoms with Gasteiger partial charge in [-0.15, -0.1) is 0 Å². The highest BCUT2D eigenvalue weighted by Gasteiger charge is 2.45. The van der Waals surface area contributed by atoms with Crippen LogP contribution in [0.1, 0.15) is 139 Å². The molecule has 8 heteroatoms. The smallest absolute Gasteiger partial charge is 0.343 e. The van der Waals surface area contributed by atoms with Crippen LogP contribution in [0.2, 0.25) is 0 Å². The van der Waals surface area contributed by atoms with Crippen LogP contribution < -0.4 is 10.3 Å². The summed E-state index contributed by atoms with van der Waals surface area (Å²) < 4.78 is 12.6. The van der Waals surface area contributed by atoms with E-state index < -0.39 is 11.6 Å². The van der Waals surface area contributed by atoms with Gasteiger partial charge in [0.2, 0.25) is 0 Å². The highest BCUT2D eigenvalue weighted by atomic mass is 16.6. The summed E-state index contributed by atoms with van der Waals surface area (Å²) in [6, 6.07) is 7.23. The standard InChI is InChI=1S/C38H50N2O6/c1-4-7-8-9-10-11-12-13-14-15-16-17-18-19-34(41)46-26-20-21-32-28(22-26)27(5-2)29-24-40-33(35(29)39-32)23-31-30(36(40)42)25-45-37(43)38(31,44)6-3/h20-23,44H,4-19,24-25H2,1-3H3/t38-/m0/s1. The molecule has 1 N–H and O–H groups in total. The number of ether oxygens (including phenoxy) is 2. The quantitative estimate of drug-likeness (QED) is 0.0715. The maximum Gasteiger partial charge on any atom is 0.343 e. The first kappa shape index (κ1) is 33.8. The Morgan fingerprint density at radius 1 is 0.913 bits per heavy atom. The Balaban J connectivity index is 1.19. The van der Waals surface area contributed by atoms with Gasteiger partial charge in [0.15, 0.2) is 5.60 Å². The van der Waals surface area contributed by atoms with Crippen LogP contribution in [0.3, 0.4) is 0 Å². The van der Waals surface area contributed by atoms with Crippen molar-refractivity contribution in [2.45, 2.75) is 142 Å². The van der Waals surface area contributed by atoms with Gasteiger partial charge >= 0.3 is 11.9 Å². The number of unbranched alkanes of at least 4 members (excludes halogenated alkanes) is 12. The average molecular weight is 631 g/mol. The predicted molar refractivity (Wildman–Crippen MR) is 180 cm³/mol. The van der Waals surface area contributed by atoms with E-state index in [1.807, 2.05) is 12.1 Å². The molecule has 1 aromatic carbocycles. The number of aryl methyl sites for hydroxylation is 1. The van der Waals surface area contributed by atoms with Gasteiger partial charge in [-0.3, -0.25) is 9.59 Å². The van der Waals surface area contributed by atoms with Crippen molar-refractivity contribution in [1.82, 2.24) is 9.55 Å². The fourth-order valence-electron chi connectivity index (χ4n) is 7.08. The Hall–Kier alpha value is -3.52. The third-order valence-corrected chi connectivity index (χ3v) is 9.85. The van der Waals surface area contributed by atoms with E-state index in [0.29, 0.717) is 47.7 Å². The summed E-state index contributed by atoms with van der Waals surface area (Å²) in [5, 5.41) is 12.0. The molecule has 46 heavy (non-hydrogen) atoms. The first-order valence-corrected chi connectivity index (χ1v) is 17.7. The highest BCUT2D eigenvalue weighted by Crippen LogP contribution is 2.40. The minimum atomic E-state index is -1.86. The van der Waals surface area contributed by atoms with Crippen molar-refractivity contribution in [3.63, 3.8) is 0 Å². The second-order valence-corrected chi connectivity index (χ2v) is 13.0. The summed E-state index contributed by atoms with van der Waals surface area (Å²) in [7, 11) is 0. The SMILES string of the molecule is CCCCCCCCCCCCCCCC(=O)Oc1ccc2nc3c(c(CC)c2c1)Cn1c-3cc2c(c1=O)COC(=O)[C@]2(O)CC. The largest absolute Gasteiger partial charge is 0.458 e. The normalized spacial score (nSPS) is 16.7. The van der Waals surface area contributed by atoms with Crippen molar-refractivity contribution < 1.29 is 24.2 Å². The Morgan fingerprint density at radius 2 is 1.57 bits per heavy atom. The number of aliphatic hydroxyl groups is 1. The molecular weight excluding hydrogens is 580 g/mol. The molecule has 0 spiro atoms. The summed E-state index contributed by atoms with van der Waals surface area (Å²) in [6.45, 7) is 6.19. The van der Waals surface area contributed by atoms with E-state index in [-0.39, 0.29) is 24.6 Å². The number of fused-ring (bicyclic) bond motifs is 5. The lowest BCUT2D eigenvalue weighted by Gasteiger charge is -2.31. The molecule has 2 aromatic heterocycles. The van der Waals surface area contributed by atoms with E-state index >= 15 is 0 Å². The van der Waals surface area contributed by atoms with E-state index in [9.17, 15) is 19.5 Å². The fraction of sp³-hybridized carbons (Fsp3) is 0.579. The van der Waals surface area contributed by atoms with Crippen molar-refractivity contribution >= 4 is 22.8 Å². The van der Waals surface area contributed by atoms with Crippen LogP contribution in [0.15, 0.2) is 29.1 Å². The molecule has 2 aliphatic rings. The molecule has 0 amide bonds. The highest BCUT2D eigenvalue weighted by molar-refractivity contribution is 5.90. The molecule has 1 atom stereocenters. The number of benzene rings is 1. The molecule has 8 nitrogen and oxygen atoms in total. The minimum Gasteiger partial charge on any atom is -0.458 e. The number of cyclic esters (lactones) is 1. The zero-order chi connectivity index (χ0) is 32.7. The topological polar surface area (TPSA) is 108 Å².